The van der Waals surface area contributed by atoms with Crippen molar-refractivity contribution >= 4 is 22.5 Å². The number of carbonyl (C=O) groups excluding carboxylic acids is 1. The molecule has 0 atom stereocenters. The van der Waals surface area contributed by atoms with Gasteiger partial charge in [-0.05, 0) is 42.5 Å². The first-order valence-electron chi connectivity index (χ1n) is 6.68. The summed E-state index contributed by atoms with van der Waals surface area (Å²) < 4.78 is 5.28. The van der Waals surface area contributed by atoms with E-state index in [0.29, 0.717) is 22.7 Å². The van der Waals surface area contributed by atoms with Crippen LogP contribution in [0.5, 0.6) is 5.75 Å². The van der Waals surface area contributed by atoms with Crippen LogP contribution < -0.4 is 10.1 Å². The lowest BCUT2D eigenvalue weighted by Gasteiger charge is -2.03. The zero-order chi connectivity index (χ0) is 15.5. The Balaban J connectivity index is 1.87. The molecule has 0 unspecified atom stereocenters. The van der Waals surface area contributed by atoms with E-state index in [1.54, 1.807) is 37.4 Å². The van der Waals surface area contributed by atoms with E-state index in [1.165, 1.54) is 0 Å². The van der Waals surface area contributed by atoms with Crippen LogP contribution in [0.4, 0.5) is 5.69 Å². The second-order valence-corrected chi connectivity index (χ2v) is 4.75. The molecule has 5 heteroatoms. The number of hydrogen-bond donors (Lipinski definition) is 2. The summed E-state index contributed by atoms with van der Waals surface area (Å²) in [5.41, 5.74) is 2.47. The third-order valence-electron chi connectivity index (χ3n) is 3.36. The van der Waals surface area contributed by atoms with E-state index in [9.17, 15) is 4.79 Å². The highest BCUT2D eigenvalue weighted by Gasteiger charge is 2.12. The summed E-state index contributed by atoms with van der Waals surface area (Å²) in [4.78, 5) is 15.4. The second-order valence-electron chi connectivity index (χ2n) is 4.75. The van der Waals surface area contributed by atoms with Crippen LogP contribution in [0.15, 0.2) is 48.5 Å². The number of carbonyl (C=O) groups is 1. The number of H-pyrrole nitrogens is 1. The molecule has 0 spiro atoms. The van der Waals surface area contributed by atoms with Crippen LogP contribution in [0.2, 0.25) is 0 Å². The Morgan fingerprint density at radius 2 is 2.00 bits per heavy atom. The summed E-state index contributed by atoms with van der Waals surface area (Å²) in [7, 11) is 1.60. The number of benzene rings is 2. The molecule has 1 aromatic heterocycles. The Morgan fingerprint density at radius 1 is 1.23 bits per heavy atom. The molecule has 3 aromatic rings. The van der Waals surface area contributed by atoms with E-state index < -0.39 is 0 Å². The highest BCUT2D eigenvalue weighted by atomic mass is 16.5. The first kappa shape index (κ1) is 13.7. The summed E-state index contributed by atoms with van der Waals surface area (Å²) in [5.74, 6) is 0.467. The maximum atomic E-state index is 12.3. The molecule has 0 aliphatic rings. The molecule has 1 amide bonds. The predicted octanol–water partition coefficient (Wildman–Crippen LogP) is 3.30. The van der Waals surface area contributed by atoms with Gasteiger partial charge in [-0.3, -0.25) is 4.79 Å². The van der Waals surface area contributed by atoms with Crippen LogP contribution in [0.3, 0.4) is 0 Å². The Morgan fingerprint density at radius 3 is 2.68 bits per heavy atom. The lowest BCUT2D eigenvalue weighted by atomic mass is 10.2. The Kier molecular flexibility index (Phi) is 3.50. The number of amides is 1. The first-order chi connectivity index (χ1) is 10.7. The second kappa shape index (κ2) is 5.62. The average Bonchev–Trinajstić information content (AvgIpc) is 2.99. The van der Waals surface area contributed by atoms with Gasteiger partial charge < -0.3 is 15.0 Å². The lowest BCUT2D eigenvalue weighted by molar-refractivity contribution is 0.102. The van der Waals surface area contributed by atoms with E-state index in [0.717, 1.165) is 10.9 Å². The fourth-order valence-corrected chi connectivity index (χ4v) is 2.25. The number of nitriles is 1. The third-order valence-corrected chi connectivity index (χ3v) is 3.36. The van der Waals surface area contributed by atoms with Gasteiger partial charge in [0.05, 0.1) is 18.7 Å². The molecule has 5 nitrogen and oxygen atoms in total. The number of rotatable bonds is 3. The van der Waals surface area contributed by atoms with Gasteiger partial charge in [0.2, 0.25) is 0 Å². The predicted molar refractivity (Wildman–Crippen MR) is 84.0 cm³/mol. The minimum absolute atomic E-state index is 0.247. The van der Waals surface area contributed by atoms with Gasteiger partial charge >= 0.3 is 0 Å². The van der Waals surface area contributed by atoms with Crippen molar-refractivity contribution in [2.45, 2.75) is 0 Å². The summed E-state index contributed by atoms with van der Waals surface area (Å²) in [6.45, 7) is 0. The number of ether oxygens (including phenoxy) is 1. The molecule has 0 saturated heterocycles. The van der Waals surface area contributed by atoms with Crippen molar-refractivity contribution in [1.29, 1.82) is 5.26 Å². The molecule has 0 fully saturated rings. The van der Waals surface area contributed by atoms with E-state index in [1.807, 2.05) is 24.3 Å². The van der Waals surface area contributed by atoms with Gasteiger partial charge in [0.1, 0.15) is 11.4 Å². The number of nitrogens with one attached hydrogen (secondary N) is 2. The van der Waals surface area contributed by atoms with Crippen molar-refractivity contribution in [1.82, 2.24) is 4.98 Å². The number of methoxy groups -OCH3 is 1. The van der Waals surface area contributed by atoms with Crippen LogP contribution in [0.25, 0.3) is 10.9 Å². The molecular weight excluding hydrogens is 278 g/mol. The number of hydrogen-bond acceptors (Lipinski definition) is 3. The third kappa shape index (κ3) is 2.50. The molecule has 0 aliphatic carbocycles. The van der Waals surface area contributed by atoms with Crippen LogP contribution in [-0.4, -0.2) is 18.0 Å². The maximum Gasteiger partial charge on any atom is 0.272 e. The quantitative estimate of drug-likeness (QED) is 0.777. The Hall–Kier alpha value is -3.26. The molecule has 0 saturated carbocycles. The van der Waals surface area contributed by atoms with Gasteiger partial charge in [-0.15, -0.1) is 0 Å². The minimum atomic E-state index is -0.247. The Labute approximate surface area is 127 Å². The topological polar surface area (TPSA) is 77.9 Å². The van der Waals surface area contributed by atoms with Crippen LogP contribution in [0.1, 0.15) is 16.1 Å². The van der Waals surface area contributed by atoms with Crippen molar-refractivity contribution in [2.24, 2.45) is 0 Å². The number of nitrogens with zero attached hydrogens (tertiary/aromatic N) is 1. The summed E-state index contributed by atoms with van der Waals surface area (Å²) in [5, 5.41) is 12.4. The minimum Gasteiger partial charge on any atom is -0.496 e. The van der Waals surface area contributed by atoms with E-state index >= 15 is 0 Å². The van der Waals surface area contributed by atoms with Gasteiger partial charge in [0.15, 0.2) is 0 Å². The standard InChI is InChI=1S/C17H13N3O2/c1-22-16-4-2-3-14-13(16)9-15(20-14)17(21)19-12-7-5-11(10-18)6-8-12/h2-9,20H,1H3,(H,19,21). The van der Waals surface area contributed by atoms with E-state index in [2.05, 4.69) is 10.3 Å². The molecule has 2 N–H and O–H groups in total. The summed E-state index contributed by atoms with van der Waals surface area (Å²) >= 11 is 0. The number of aromatic nitrogens is 1. The summed E-state index contributed by atoms with van der Waals surface area (Å²) in [6.07, 6.45) is 0. The molecule has 0 radical (unpaired) electrons. The molecule has 3 rings (SSSR count). The molecular formula is C17H13N3O2. The van der Waals surface area contributed by atoms with Gasteiger partial charge in [-0.25, -0.2) is 0 Å². The van der Waals surface area contributed by atoms with Crippen LogP contribution in [0, 0.1) is 11.3 Å². The highest BCUT2D eigenvalue weighted by molar-refractivity contribution is 6.06. The average molecular weight is 291 g/mol. The molecule has 0 aliphatic heterocycles. The van der Waals surface area contributed by atoms with Gasteiger partial charge in [-0.1, -0.05) is 6.07 Å². The molecule has 1 heterocycles. The lowest BCUT2D eigenvalue weighted by Crippen LogP contribution is -2.12. The van der Waals surface area contributed by atoms with Crippen molar-refractivity contribution in [3.05, 3.63) is 59.8 Å². The fraction of sp³-hybridized carbons (Fsp3) is 0.0588. The van der Waals surface area contributed by atoms with Crippen molar-refractivity contribution in [3.63, 3.8) is 0 Å². The number of fused-ring (bicyclic) bond motifs is 1. The molecule has 2 aromatic carbocycles. The van der Waals surface area contributed by atoms with Crippen LogP contribution >= 0.6 is 0 Å². The van der Waals surface area contributed by atoms with E-state index in [-0.39, 0.29) is 5.91 Å². The van der Waals surface area contributed by atoms with E-state index in [4.69, 9.17) is 10.00 Å². The first-order valence-corrected chi connectivity index (χ1v) is 6.68. The van der Waals surface area contributed by atoms with Crippen LogP contribution in [-0.2, 0) is 0 Å². The molecule has 108 valence electrons. The molecule has 22 heavy (non-hydrogen) atoms. The van der Waals surface area contributed by atoms with Gasteiger partial charge in [-0.2, -0.15) is 5.26 Å². The molecule has 0 bridgehead atoms. The Bertz CT molecular complexity index is 873. The smallest absolute Gasteiger partial charge is 0.272 e. The van der Waals surface area contributed by atoms with Crippen molar-refractivity contribution < 1.29 is 9.53 Å². The SMILES string of the molecule is COc1cccc2[nH]c(C(=O)Nc3ccc(C#N)cc3)cc12. The monoisotopic (exact) mass is 291 g/mol. The normalized spacial score (nSPS) is 10.2. The zero-order valence-electron chi connectivity index (χ0n) is 11.9. The number of anilines is 1. The fourth-order valence-electron chi connectivity index (χ4n) is 2.25. The number of aromatic amines is 1. The largest absolute Gasteiger partial charge is 0.496 e. The van der Waals surface area contributed by atoms with Gasteiger partial charge in [0.25, 0.3) is 5.91 Å². The van der Waals surface area contributed by atoms with Crippen molar-refractivity contribution in [2.75, 3.05) is 12.4 Å². The zero-order valence-corrected chi connectivity index (χ0v) is 11.9. The summed E-state index contributed by atoms with van der Waals surface area (Å²) in [6, 6.07) is 16.1. The van der Waals surface area contributed by atoms with Gasteiger partial charge in [0, 0.05) is 16.6 Å². The maximum absolute atomic E-state index is 12.3. The highest BCUT2D eigenvalue weighted by Crippen LogP contribution is 2.26. The van der Waals surface area contributed by atoms with Crippen molar-refractivity contribution in [3.8, 4) is 11.8 Å².